The van der Waals surface area contributed by atoms with Gasteiger partial charge in [-0.05, 0) is 96.4 Å². The highest BCUT2D eigenvalue weighted by Crippen LogP contribution is 2.52. The zero-order valence-corrected chi connectivity index (χ0v) is 24.5. The van der Waals surface area contributed by atoms with Gasteiger partial charge in [0.05, 0.1) is 0 Å². The molecular weight excluding hydrogens is 537 g/mol. The third kappa shape index (κ3) is 3.78. The molecule has 0 saturated heterocycles. The molecule has 2 aliphatic rings. The molecule has 43 heavy (non-hydrogen) atoms. The van der Waals surface area contributed by atoms with Gasteiger partial charge < -0.3 is 0 Å². The fourth-order valence-electron chi connectivity index (χ4n) is 7.31. The van der Waals surface area contributed by atoms with Gasteiger partial charge in [-0.2, -0.15) is 0 Å². The number of hydrogen-bond donors (Lipinski definition) is 0. The quantitative estimate of drug-likeness (QED) is 0.192. The fourth-order valence-corrected chi connectivity index (χ4v) is 8.45. The van der Waals surface area contributed by atoms with Crippen molar-refractivity contribution >= 4 is 49.7 Å². The lowest BCUT2D eigenvalue weighted by Gasteiger charge is -2.24. The third-order valence-electron chi connectivity index (χ3n) is 9.16. The van der Waals surface area contributed by atoms with Gasteiger partial charge in [-0.3, -0.25) is 0 Å². The van der Waals surface area contributed by atoms with E-state index in [2.05, 4.69) is 146 Å². The summed E-state index contributed by atoms with van der Waals surface area (Å²) in [5, 5.41) is 7.89. The van der Waals surface area contributed by atoms with E-state index < -0.39 is 0 Å². The number of fused-ring (bicyclic) bond motifs is 4. The first kappa shape index (κ1) is 24.7. The van der Waals surface area contributed by atoms with E-state index in [1.807, 2.05) is 11.8 Å². The Balaban J connectivity index is 1.39. The van der Waals surface area contributed by atoms with Crippen molar-refractivity contribution in [1.82, 2.24) is 0 Å². The van der Waals surface area contributed by atoms with Crippen LogP contribution in [0.25, 0.3) is 71.3 Å². The molecule has 0 fully saturated rings. The van der Waals surface area contributed by atoms with Gasteiger partial charge in [0.15, 0.2) is 0 Å². The zero-order chi connectivity index (χ0) is 28.3. The highest BCUT2D eigenvalue weighted by molar-refractivity contribution is 7.99. The van der Waals surface area contributed by atoms with Crippen molar-refractivity contribution in [3.05, 3.63) is 151 Å². The van der Waals surface area contributed by atoms with Crippen LogP contribution < -0.4 is 0 Å². The minimum absolute atomic E-state index is 1.07. The average Bonchev–Trinajstić information content (AvgIpc) is 3.08. The lowest BCUT2D eigenvalue weighted by atomic mass is 9.81. The van der Waals surface area contributed by atoms with Crippen LogP contribution in [0.1, 0.15) is 18.4 Å². The fraction of sp³-hybridized carbons (Fsp3) is 0.0476. The Labute approximate surface area is 256 Å². The Morgan fingerprint density at radius 1 is 0.419 bits per heavy atom. The Hall–Kier alpha value is -4.85. The van der Waals surface area contributed by atoms with E-state index >= 15 is 0 Å². The summed E-state index contributed by atoms with van der Waals surface area (Å²) in [5.74, 6) is 0. The van der Waals surface area contributed by atoms with Crippen molar-refractivity contribution in [1.29, 1.82) is 0 Å². The van der Waals surface area contributed by atoms with E-state index in [-0.39, 0.29) is 0 Å². The number of rotatable bonds is 3. The Morgan fingerprint density at radius 2 is 0.977 bits per heavy atom. The molecule has 0 N–H and O–H groups in total. The number of hydrogen-bond acceptors (Lipinski definition) is 1. The maximum atomic E-state index is 2.37. The van der Waals surface area contributed by atoms with Crippen molar-refractivity contribution in [2.75, 3.05) is 0 Å². The van der Waals surface area contributed by atoms with Crippen molar-refractivity contribution < 1.29 is 0 Å². The summed E-state index contributed by atoms with van der Waals surface area (Å²) < 4.78 is 0. The molecule has 7 aromatic carbocycles. The van der Waals surface area contributed by atoms with Crippen LogP contribution in [0.15, 0.2) is 155 Å². The summed E-state index contributed by atoms with van der Waals surface area (Å²) in [6, 6.07) is 47.4. The minimum Gasteiger partial charge on any atom is -0.0888 e. The molecule has 0 spiro atoms. The van der Waals surface area contributed by atoms with Crippen molar-refractivity contribution in [3.63, 3.8) is 0 Å². The Morgan fingerprint density at radius 3 is 1.67 bits per heavy atom. The van der Waals surface area contributed by atoms with Crippen LogP contribution in [-0.2, 0) is 0 Å². The van der Waals surface area contributed by atoms with E-state index in [0.29, 0.717) is 0 Å². The van der Waals surface area contributed by atoms with Crippen LogP contribution in [0, 0.1) is 0 Å². The lowest BCUT2D eigenvalue weighted by Crippen LogP contribution is -1.97. The first-order valence-electron chi connectivity index (χ1n) is 15.1. The van der Waals surface area contributed by atoms with Gasteiger partial charge in [-0.15, -0.1) is 0 Å². The highest BCUT2D eigenvalue weighted by Gasteiger charge is 2.24. The molecule has 7 aromatic rings. The molecule has 0 nitrogen and oxygen atoms in total. The monoisotopic (exact) mass is 564 g/mol. The van der Waals surface area contributed by atoms with Crippen LogP contribution in [0.3, 0.4) is 0 Å². The Bertz CT molecular complexity index is 2260. The first-order valence-corrected chi connectivity index (χ1v) is 15.9. The average molecular weight is 565 g/mol. The van der Waals surface area contributed by atoms with Gasteiger partial charge in [0.1, 0.15) is 0 Å². The lowest BCUT2D eigenvalue weighted by molar-refractivity contribution is 1.05. The van der Waals surface area contributed by atoms with E-state index in [1.165, 1.54) is 86.6 Å². The second-order valence-electron chi connectivity index (χ2n) is 11.5. The normalized spacial score (nSPS) is 13.8. The molecule has 202 valence electrons. The van der Waals surface area contributed by atoms with E-state index in [9.17, 15) is 0 Å². The molecule has 0 saturated carbocycles. The van der Waals surface area contributed by atoms with Gasteiger partial charge in [0, 0.05) is 15.2 Å². The van der Waals surface area contributed by atoms with Crippen molar-refractivity contribution in [3.8, 4) is 33.4 Å². The second kappa shape index (κ2) is 9.87. The van der Waals surface area contributed by atoms with E-state index in [4.69, 9.17) is 0 Å². The molecule has 1 aliphatic carbocycles. The van der Waals surface area contributed by atoms with Crippen LogP contribution in [-0.4, -0.2) is 0 Å². The minimum atomic E-state index is 1.07. The van der Waals surface area contributed by atoms with Crippen molar-refractivity contribution in [2.24, 2.45) is 0 Å². The molecule has 0 radical (unpaired) electrons. The summed E-state index contributed by atoms with van der Waals surface area (Å²) in [4.78, 5) is 2.67. The second-order valence-corrected chi connectivity index (χ2v) is 12.6. The summed E-state index contributed by atoms with van der Waals surface area (Å²) in [5.41, 5.74) is 10.7. The SMILES string of the molecule is C1=CCCC(c2ccccc2-c2c3ccccc3c(-c3ccc4c5c(cccc35)Sc3ccccc3-4)c3ccccc23)=C1. The largest absolute Gasteiger partial charge is 0.0888 e. The molecule has 0 unspecified atom stereocenters. The summed E-state index contributed by atoms with van der Waals surface area (Å²) in [7, 11) is 0. The third-order valence-corrected chi connectivity index (χ3v) is 10.3. The maximum Gasteiger partial charge on any atom is 0.0207 e. The predicted molar refractivity (Wildman–Crippen MR) is 186 cm³/mol. The molecule has 0 amide bonds. The van der Waals surface area contributed by atoms with Crippen LogP contribution in [0.5, 0.6) is 0 Å². The molecule has 0 atom stereocenters. The van der Waals surface area contributed by atoms with Crippen LogP contribution in [0.4, 0.5) is 0 Å². The molecule has 1 heterocycles. The van der Waals surface area contributed by atoms with Crippen LogP contribution >= 0.6 is 11.8 Å². The Kier molecular flexibility index (Phi) is 5.67. The summed E-state index contributed by atoms with van der Waals surface area (Å²) >= 11 is 1.89. The summed E-state index contributed by atoms with van der Waals surface area (Å²) in [6.07, 6.45) is 8.94. The molecule has 0 aromatic heterocycles. The molecule has 0 bridgehead atoms. The maximum absolute atomic E-state index is 2.37. The highest BCUT2D eigenvalue weighted by atomic mass is 32.2. The molecule has 1 heteroatoms. The molecule has 9 rings (SSSR count). The van der Waals surface area contributed by atoms with E-state index in [1.54, 1.807) is 0 Å². The van der Waals surface area contributed by atoms with Crippen LogP contribution in [0.2, 0.25) is 0 Å². The van der Waals surface area contributed by atoms with Crippen molar-refractivity contribution in [2.45, 2.75) is 22.6 Å². The standard InChI is InChI=1S/C42H28S/c1-2-13-27(14-3-1)28-15-4-5-17-30(28)40-31-18-6-8-20-33(31)41(34-21-9-7-19-32(34)40)37-26-25-36-29-16-10-11-23-38(29)43-39-24-12-22-35(37)42(36)39/h1-2,4-13,15-26H,3,14H2. The summed E-state index contributed by atoms with van der Waals surface area (Å²) in [6.45, 7) is 0. The number of allylic oxidation sites excluding steroid dienone is 4. The van der Waals surface area contributed by atoms with Gasteiger partial charge in [-0.1, -0.05) is 145 Å². The van der Waals surface area contributed by atoms with Gasteiger partial charge in [-0.25, -0.2) is 0 Å². The zero-order valence-electron chi connectivity index (χ0n) is 23.7. The van der Waals surface area contributed by atoms with E-state index in [0.717, 1.165) is 12.8 Å². The number of benzene rings is 7. The predicted octanol–water partition coefficient (Wildman–Crippen LogP) is 12.3. The topological polar surface area (TPSA) is 0 Å². The smallest absolute Gasteiger partial charge is 0.0207 e. The van der Waals surface area contributed by atoms with Gasteiger partial charge >= 0.3 is 0 Å². The molecular formula is C42H28S. The van der Waals surface area contributed by atoms with Gasteiger partial charge in [0.25, 0.3) is 0 Å². The van der Waals surface area contributed by atoms with Gasteiger partial charge in [0.2, 0.25) is 0 Å². The molecule has 1 aliphatic heterocycles. The first-order chi connectivity index (χ1) is 21.4.